The Balaban J connectivity index is 2.57. The van der Waals surface area contributed by atoms with Crippen molar-refractivity contribution in [3.05, 3.63) is 16.8 Å². The van der Waals surface area contributed by atoms with Crippen LogP contribution < -0.4 is 0 Å². The summed E-state index contributed by atoms with van der Waals surface area (Å²) in [5, 5.41) is 0. The molecule has 1 N–H and O–H groups in total. The van der Waals surface area contributed by atoms with Crippen molar-refractivity contribution in [3.63, 3.8) is 0 Å². The molecule has 70 valence electrons. The van der Waals surface area contributed by atoms with Gasteiger partial charge in [0.25, 0.3) is 0 Å². The molecule has 0 saturated heterocycles. The van der Waals surface area contributed by atoms with Gasteiger partial charge in [0, 0.05) is 4.88 Å². The first-order valence-corrected chi connectivity index (χ1v) is 5.25. The molecule has 0 spiro atoms. The van der Waals surface area contributed by atoms with Crippen LogP contribution in [0.15, 0.2) is 6.07 Å². The molecule has 2 aromatic rings. The van der Waals surface area contributed by atoms with Gasteiger partial charge in [-0.1, -0.05) is 20.8 Å². The van der Waals surface area contributed by atoms with E-state index in [1.54, 1.807) is 11.3 Å². The molecule has 2 aromatic heterocycles. The summed E-state index contributed by atoms with van der Waals surface area (Å²) in [5.41, 5.74) is 1.41. The Hall–Kier alpha value is -0.830. The second-order valence-corrected chi connectivity index (χ2v) is 5.43. The molecule has 0 saturated carbocycles. The van der Waals surface area contributed by atoms with Gasteiger partial charge in [-0.2, -0.15) is 0 Å². The molecule has 0 aliphatic carbocycles. The number of aromatic amines is 1. The van der Waals surface area contributed by atoms with Crippen LogP contribution in [0.4, 0.5) is 0 Å². The zero-order chi connectivity index (χ0) is 9.64. The summed E-state index contributed by atoms with van der Waals surface area (Å²) in [5.74, 6) is 1.00. The summed E-state index contributed by atoms with van der Waals surface area (Å²) >= 11 is 1.78. The molecule has 0 atom stereocenters. The maximum atomic E-state index is 4.41. The van der Waals surface area contributed by atoms with Crippen molar-refractivity contribution in [3.8, 4) is 0 Å². The SMILES string of the molecule is Cc1nc2sc(C(C)(C)C)cc2[nH]1. The first kappa shape index (κ1) is 8.75. The Kier molecular flexibility index (Phi) is 1.74. The minimum Gasteiger partial charge on any atom is -0.341 e. The molecule has 0 fully saturated rings. The highest BCUT2D eigenvalue weighted by Crippen LogP contribution is 2.32. The van der Waals surface area contributed by atoms with Crippen LogP contribution >= 0.6 is 11.3 Å². The van der Waals surface area contributed by atoms with Gasteiger partial charge in [0.1, 0.15) is 10.7 Å². The first-order chi connectivity index (χ1) is 5.97. The zero-order valence-corrected chi connectivity index (χ0v) is 9.25. The largest absolute Gasteiger partial charge is 0.341 e. The van der Waals surface area contributed by atoms with E-state index in [-0.39, 0.29) is 5.41 Å². The first-order valence-electron chi connectivity index (χ1n) is 4.43. The summed E-state index contributed by atoms with van der Waals surface area (Å²) in [6, 6.07) is 2.21. The van der Waals surface area contributed by atoms with Gasteiger partial charge in [0.05, 0.1) is 5.52 Å². The normalized spacial score (nSPS) is 12.6. The van der Waals surface area contributed by atoms with Gasteiger partial charge in [-0.15, -0.1) is 11.3 Å². The number of thiophene rings is 1. The number of fused-ring (bicyclic) bond motifs is 1. The van der Waals surface area contributed by atoms with E-state index < -0.39 is 0 Å². The number of imidazole rings is 1. The minimum atomic E-state index is 0.236. The number of hydrogen-bond donors (Lipinski definition) is 1. The second-order valence-electron chi connectivity index (χ2n) is 4.40. The second kappa shape index (κ2) is 2.58. The van der Waals surface area contributed by atoms with E-state index in [0.717, 1.165) is 10.7 Å². The number of nitrogens with zero attached hydrogens (tertiary/aromatic N) is 1. The van der Waals surface area contributed by atoms with Crippen LogP contribution in [0.3, 0.4) is 0 Å². The monoisotopic (exact) mass is 194 g/mol. The van der Waals surface area contributed by atoms with E-state index in [2.05, 4.69) is 36.8 Å². The molecule has 13 heavy (non-hydrogen) atoms. The van der Waals surface area contributed by atoms with Gasteiger partial charge in [-0.05, 0) is 18.4 Å². The number of hydrogen-bond acceptors (Lipinski definition) is 2. The van der Waals surface area contributed by atoms with E-state index >= 15 is 0 Å². The predicted octanol–water partition coefficient (Wildman–Crippen LogP) is 3.23. The van der Waals surface area contributed by atoms with Crippen molar-refractivity contribution < 1.29 is 0 Å². The van der Waals surface area contributed by atoms with Crippen LogP contribution in [0.2, 0.25) is 0 Å². The topological polar surface area (TPSA) is 28.7 Å². The number of aryl methyl sites for hydroxylation is 1. The summed E-state index contributed by atoms with van der Waals surface area (Å²) in [4.78, 5) is 10.2. The molecule has 0 amide bonds. The van der Waals surface area contributed by atoms with Crippen LogP contribution in [-0.2, 0) is 5.41 Å². The van der Waals surface area contributed by atoms with Crippen molar-refractivity contribution in [2.24, 2.45) is 0 Å². The number of H-pyrrole nitrogens is 1. The summed E-state index contributed by atoms with van der Waals surface area (Å²) in [6.07, 6.45) is 0. The van der Waals surface area contributed by atoms with Gasteiger partial charge < -0.3 is 4.98 Å². The molecule has 3 heteroatoms. The average Bonchev–Trinajstić information content (AvgIpc) is 2.40. The van der Waals surface area contributed by atoms with Gasteiger partial charge >= 0.3 is 0 Å². The predicted molar refractivity (Wildman–Crippen MR) is 57.4 cm³/mol. The molecule has 0 aliphatic heterocycles. The lowest BCUT2D eigenvalue weighted by atomic mass is 9.95. The Morgan fingerprint density at radius 2 is 2.08 bits per heavy atom. The van der Waals surface area contributed by atoms with Crippen molar-refractivity contribution in [1.82, 2.24) is 9.97 Å². The maximum absolute atomic E-state index is 4.41. The fourth-order valence-electron chi connectivity index (χ4n) is 1.30. The molecule has 0 aromatic carbocycles. The highest BCUT2D eigenvalue weighted by atomic mass is 32.1. The van der Waals surface area contributed by atoms with Crippen LogP contribution in [-0.4, -0.2) is 9.97 Å². The Labute approximate surface area is 82.0 Å². The van der Waals surface area contributed by atoms with Gasteiger partial charge in [-0.25, -0.2) is 4.98 Å². The fourth-order valence-corrected chi connectivity index (χ4v) is 2.39. The molecule has 0 bridgehead atoms. The van der Waals surface area contributed by atoms with Crippen molar-refractivity contribution >= 4 is 21.7 Å². The third-order valence-corrected chi connectivity index (χ3v) is 3.49. The third-order valence-electron chi connectivity index (χ3n) is 2.04. The Bertz CT molecular complexity index is 400. The van der Waals surface area contributed by atoms with E-state index in [4.69, 9.17) is 0 Å². The molecular weight excluding hydrogens is 180 g/mol. The Morgan fingerprint density at radius 3 is 2.62 bits per heavy atom. The molecule has 0 radical (unpaired) electrons. The number of aromatic nitrogens is 2. The zero-order valence-electron chi connectivity index (χ0n) is 8.43. The fraction of sp³-hybridized carbons (Fsp3) is 0.500. The minimum absolute atomic E-state index is 0.236. The molecule has 2 nitrogen and oxygen atoms in total. The molecule has 2 heterocycles. The Morgan fingerprint density at radius 1 is 1.38 bits per heavy atom. The van der Waals surface area contributed by atoms with E-state index in [1.807, 2.05) is 6.92 Å². The summed E-state index contributed by atoms with van der Waals surface area (Å²) in [7, 11) is 0. The highest BCUT2D eigenvalue weighted by molar-refractivity contribution is 7.18. The van der Waals surface area contributed by atoms with E-state index in [9.17, 15) is 0 Å². The van der Waals surface area contributed by atoms with E-state index in [1.165, 1.54) is 10.4 Å². The van der Waals surface area contributed by atoms with Crippen LogP contribution in [0.25, 0.3) is 10.3 Å². The highest BCUT2D eigenvalue weighted by Gasteiger charge is 2.17. The van der Waals surface area contributed by atoms with Gasteiger partial charge in [0.15, 0.2) is 0 Å². The lowest BCUT2D eigenvalue weighted by molar-refractivity contribution is 0.604. The summed E-state index contributed by atoms with van der Waals surface area (Å²) in [6.45, 7) is 8.67. The lowest BCUT2D eigenvalue weighted by Gasteiger charge is -2.14. The average molecular weight is 194 g/mol. The van der Waals surface area contributed by atoms with E-state index in [0.29, 0.717) is 0 Å². The van der Waals surface area contributed by atoms with Crippen LogP contribution in [0, 0.1) is 6.92 Å². The number of nitrogens with one attached hydrogen (secondary N) is 1. The molecule has 2 rings (SSSR count). The molecule has 0 aliphatic rings. The molecule has 0 unspecified atom stereocenters. The van der Waals surface area contributed by atoms with Crippen molar-refractivity contribution in [1.29, 1.82) is 0 Å². The lowest BCUT2D eigenvalue weighted by Crippen LogP contribution is -2.07. The molecular formula is C10H14N2S. The van der Waals surface area contributed by atoms with Crippen molar-refractivity contribution in [2.75, 3.05) is 0 Å². The quantitative estimate of drug-likeness (QED) is 0.685. The van der Waals surface area contributed by atoms with Gasteiger partial charge in [-0.3, -0.25) is 0 Å². The maximum Gasteiger partial charge on any atom is 0.141 e. The smallest absolute Gasteiger partial charge is 0.141 e. The van der Waals surface area contributed by atoms with Crippen LogP contribution in [0.1, 0.15) is 31.5 Å². The third kappa shape index (κ3) is 1.48. The van der Waals surface area contributed by atoms with Gasteiger partial charge in [0.2, 0.25) is 0 Å². The standard InChI is InChI=1S/C10H14N2S/c1-6-11-7-5-8(10(2,3)4)13-9(7)12-6/h5H,1-4H3,(H,11,12). The van der Waals surface area contributed by atoms with Crippen LogP contribution in [0.5, 0.6) is 0 Å². The summed E-state index contributed by atoms with van der Waals surface area (Å²) < 4.78 is 0. The number of rotatable bonds is 0. The van der Waals surface area contributed by atoms with Crippen molar-refractivity contribution in [2.45, 2.75) is 33.1 Å².